The van der Waals surface area contributed by atoms with E-state index in [9.17, 15) is 0 Å². The Morgan fingerprint density at radius 2 is 1.17 bits per heavy atom. The van der Waals surface area contributed by atoms with Crippen molar-refractivity contribution in [2.24, 2.45) is 0 Å². The topological polar surface area (TPSA) is 81.4 Å². The zero-order valence-electron chi connectivity index (χ0n) is 13.3. The van der Waals surface area contributed by atoms with E-state index in [1.165, 1.54) is 22.5 Å². The normalized spacial score (nSPS) is 22.8. The van der Waals surface area contributed by atoms with Crippen LogP contribution in [0.3, 0.4) is 0 Å². The van der Waals surface area contributed by atoms with Crippen LogP contribution in [0.4, 0.5) is 0 Å². The molecule has 0 saturated carbocycles. The van der Waals surface area contributed by atoms with Crippen LogP contribution < -0.4 is 10.6 Å². The number of fused-ring (bicyclic) bond motifs is 2. The van der Waals surface area contributed by atoms with Gasteiger partial charge in [0.2, 0.25) is 0 Å². The predicted octanol–water partition coefficient (Wildman–Crippen LogP) is 1.60. The number of hydrogen-bond donors (Lipinski definition) is 4. The standard InChI is InChI=1S/C18H20N6/c1-2-12(16-18-14(6-8-20-16)22-10-24-18)4-3-11(1)15-17-13(5-7-19-15)21-9-23-17/h1-4,9-10,15-16,19-20H,5-8H2,(H,21,23)(H,22,24)/t15-,16-/m1/s1. The molecule has 0 amide bonds. The van der Waals surface area contributed by atoms with Crippen LogP contribution in [-0.4, -0.2) is 33.0 Å². The summed E-state index contributed by atoms with van der Waals surface area (Å²) in [5.41, 5.74) is 7.25. The third kappa shape index (κ3) is 2.18. The summed E-state index contributed by atoms with van der Waals surface area (Å²) in [6, 6.07) is 9.18. The first kappa shape index (κ1) is 13.9. The molecular formula is C18H20N6. The number of nitrogens with one attached hydrogen (secondary N) is 4. The molecule has 2 aliphatic rings. The van der Waals surface area contributed by atoms with Crippen molar-refractivity contribution in [3.63, 3.8) is 0 Å². The Morgan fingerprint density at radius 1 is 0.708 bits per heavy atom. The smallest absolute Gasteiger partial charge is 0.0926 e. The molecule has 0 fully saturated rings. The van der Waals surface area contributed by atoms with Gasteiger partial charge in [0.1, 0.15) is 0 Å². The second-order valence-electron chi connectivity index (χ2n) is 6.47. The maximum atomic E-state index is 4.51. The van der Waals surface area contributed by atoms with Crippen LogP contribution in [0.1, 0.15) is 46.0 Å². The van der Waals surface area contributed by atoms with Gasteiger partial charge in [0.25, 0.3) is 0 Å². The minimum absolute atomic E-state index is 0.175. The SMILES string of the molecule is c1nc2c([nH]1)CCN[C@@H]2c1ccc([C@H]2NCCc3[nH]cnc32)cc1. The number of aromatic nitrogens is 4. The second kappa shape index (κ2) is 5.58. The Labute approximate surface area is 140 Å². The summed E-state index contributed by atoms with van der Waals surface area (Å²) in [6.45, 7) is 1.95. The number of aromatic amines is 2. The molecule has 0 bridgehead atoms. The van der Waals surface area contributed by atoms with E-state index in [2.05, 4.69) is 54.8 Å². The summed E-state index contributed by atoms with van der Waals surface area (Å²) in [5, 5.41) is 7.15. The number of nitrogens with zero attached hydrogens (tertiary/aromatic N) is 2. The first-order valence-electron chi connectivity index (χ1n) is 8.51. The molecule has 5 rings (SSSR count). The van der Waals surface area contributed by atoms with Gasteiger partial charge in [-0.15, -0.1) is 0 Å². The Kier molecular flexibility index (Phi) is 3.24. The van der Waals surface area contributed by atoms with Crippen molar-refractivity contribution in [3.05, 3.63) is 70.8 Å². The molecule has 0 aliphatic carbocycles. The lowest BCUT2D eigenvalue weighted by Crippen LogP contribution is -2.31. The molecule has 0 radical (unpaired) electrons. The van der Waals surface area contributed by atoms with Gasteiger partial charge in [0, 0.05) is 37.3 Å². The zero-order chi connectivity index (χ0) is 15.9. The van der Waals surface area contributed by atoms with Gasteiger partial charge in [-0.25, -0.2) is 9.97 Å². The van der Waals surface area contributed by atoms with E-state index in [0.29, 0.717) is 0 Å². The highest BCUT2D eigenvalue weighted by atomic mass is 15.0. The molecule has 2 aliphatic heterocycles. The van der Waals surface area contributed by atoms with Crippen LogP contribution in [0.2, 0.25) is 0 Å². The highest BCUT2D eigenvalue weighted by Gasteiger charge is 2.26. The third-order valence-corrected chi connectivity index (χ3v) is 5.10. The van der Waals surface area contributed by atoms with Gasteiger partial charge in [-0.05, 0) is 11.1 Å². The largest absolute Gasteiger partial charge is 0.348 e. The van der Waals surface area contributed by atoms with E-state index in [-0.39, 0.29) is 12.1 Å². The summed E-state index contributed by atoms with van der Waals surface area (Å²) in [5.74, 6) is 0. The summed E-state index contributed by atoms with van der Waals surface area (Å²) in [6.07, 6.45) is 5.61. The molecule has 24 heavy (non-hydrogen) atoms. The molecule has 0 spiro atoms. The molecule has 1 aromatic carbocycles. The molecule has 6 heteroatoms. The lowest BCUT2D eigenvalue weighted by Gasteiger charge is -2.25. The van der Waals surface area contributed by atoms with E-state index in [1.54, 1.807) is 12.7 Å². The number of benzene rings is 1. The van der Waals surface area contributed by atoms with E-state index in [1.807, 2.05) is 0 Å². The fraction of sp³-hybridized carbons (Fsp3) is 0.333. The summed E-state index contributed by atoms with van der Waals surface area (Å²) < 4.78 is 0. The number of hydrogen-bond acceptors (Lipinski definition) is 4. The lowest BCUT2D eigenvalue weighted by atomic mass is 9.93. The average Bonchev–Trinajstić information content (AvgIpc) is 3.30. The summed E-state index contributed by atoms with van der Waals surface area (Å²) >= 11 is 0. The fourth-order valence-corrected chi connectivity index (χ4v) is 3.87. The van der Waals surface area contributed by atoms with Crippen molar-refractivity contribution in [2.75, 3.05) is 13.1 Å². The van der Waals surface area contributed by atoms with Gasteiger partial charge in [-0.3, -0.25) is 0 Å². The van der Waals surface area contributed by atoms with Crippen molar-refractivity contribution in [1.82, 2.24) is 30.6 Å². The van der Waals surface area contributed by atoms with Gasteiger partial charge in [-0.2, -0.15) is 0 Å². The summed E-state index contributed by atoms with van der Waals surface area (Å²) in [4.78, 5) is 15.5. The first-order chi connectivity index (χ1) is 11.9. The van der Waals surface area contributed by atoms with Gasteiger partial charge in [0.05, 0.1) is 36.1 Å². The molecule has 122 valence electrons. The highest BCUT2D eigenvalue weighted by Crippen LogP contribution is 2.30. The van der Waals surface area contributed by atoms with Crippen LogP contribution in [0.15, 0.2) is 36.9 Å². The number of H-pyrrole nitrogens is 2. The van der Waals surface area contributed by atoms with Crippen LogP contribution >= 0.6 is 0 Å². The van der Waals surface area contributed by atoms with E-state index < -0.39 is 0 Å². The Morgan fingerprint density at radius 3 is 1.62 bits per heavy atom. The summed E-state index contributed by atoms with van der Waals surface area (Å²) in [7, 11) is 0. The molecule has 6 nitrogen and oxygen atoms in total. The second-order valence-corrected chi connectivity index (χ2v) is 6.47. The molecule has 3 aromatic rings. The third-order valence-electron chi connectivity index (χ3n) is 5.10. The quantitative estimate of drug-likeness (QED) is 0.578. The monoisotopic (exact) mass is 320 g/mol. The number of imidazole rings is 2. The predicted molar refractivity (Wildman–Crippen MR) is 90.7 cm³/mol. The van der Waals surface area contributed by atoms with Crippen molar-refractivity contribution >= 4 is 0 Å². The Bertz CT molecular complexity index is 775. The minimum Gasteiger partial charge on any atom is -0.348 e. The molecule has 0 unspecified atom stereocenters. The van der Waals surface area contributed by atoms with E-state index in [4.69, 9.17) is 0 Å². The van der Waals surface area contributed by atoms with Crippen molar-refractivity contribution in [1.29, 1.82) is 0 Å². The molecule has 2 atom stereocenters. The van der Waals surface area contributed by atoms with Gasteiger partial charge < -0.3 is 20.6 Å². The van der Waals surface area contributed by atoms with Crippen LogP contribution in [0.5, 0.6) is 0 Å². The molecule has 0 saturated heterocycles. The Balaban J connectivity index is 1.45. The van der Waals surface area contributed by atoms with E-state index >= 15 is 0 Å². The Hall–Kier alpha value is -2.44. The molecule has 4 N–H and O–H groups in total. The average molecular weight is 320 g/mol. The van der Waals surface area contributed by atoms with Crippen molar-refractivity contribution in [3.8, 4) is 0 Å². The van der Waals surface area contributed by atoms with Gasteiger partial charge in [0.15, 0.2) is 0 Å². The first-order valence-corrected chi connectivity index (χ1v) is 8.51. The van der Waals surface area contributed by atoms with Crippen LogP contribution in [0.25, 0.3) is 0 Å². The van der Waals surface area contributed by atoms with Crippen LogP contribution in [0, 0.1) is 0 Å². The van der Waals surface area contributed by atoms with Gasteiger partial charge in [-0.1, -0.05) is 24.3 Å². The van der Waals surface area contributed by atoms with Gasteiger partial charge >= 0.3 is 0 Å². The minimum atomic E-state index is 0.175. The van der Waals surface area contributed by atoms with E-state index in [0.717, 1.165) is 37.3 Å². The highest BCUT2D eigenvalue weighted by molar-refractivity contribution is 5.38. The maximum absolute atomic E-state index is 4.51. The molecule has 4 heterocycles. The molecular weight excluding hydrogens is 300 g/mol. The number of rotatable bonds is 2. The molecule has 2 aromatic heterocycles. The van der Waals surface area contributed by atoms with Crippen molar-refractivity contribution in [2.45, 2.75) is 24.9 Å². The van der Waals surface area contributed by atoms with Crippen LogP contribution in [-0.2, 0) is 12.8 Å². The van der Waals surface area contributed by atoms with Crippen molar-refractivity contribution < 1.29 is 0 Å². The fourth-order valence-electron chi connectivity index (χ4n) is 3.87. The zero-order valence-corrected chi connectivity index (χ0v) is 13.3. The maximum Gasteiger partial charge on any atom is 0.0926 e. The lowest BCUT2D eigenvalue weighted by molar-refractivity contribution is 0.547.